The fourth-order valence-electron chi connectivity index (χ4n) is 7.44. The number of benzene rings is 2. The molecule has 4 heterocycles. The van der Waals surface area contributed by atoms with Crippen LogP contribution in [-0.4, -0.2) is 90.7 Å². The van der Waals surface area contributed by atoms with Crippen LogP contribution < -0.4 is 25.3 Å². The van der Waals surface area contributed by atoms with Crippen LogP contribution in [0.15, 0.2) is 55.4 Å². The van der Waals surface area contributed by atoms with Crippen LogP contribution in [0.25, 0.3) is 0 Å². The molecule has 4 fully saturated rings. The number of anilines is 5. The van der Waals surface area contributed by atoms with Crippen molar-refractivity contribution < 1.29 is 31.9 Å². The van der Waals surface area contributed by atoms with Crippen LogP contribution in [0.4, 0.5) is 46.3 Å². The minimum atomic E-state index is -4.84. The maximum atomic E-state index is 15.1. The van der Waals surface area contributed by atoms with E-state index < -0.39 is 23.6 Å². The number of aromatic nitrogens is 2. The Morgan fingerprint density at radius 3 is 2.31 bits per heavy atom. The van der Waals surface area contributed by atoms with Crippen molar-refractivity contribution in [1.29, 1.82) is 0 Å². The van der Waals surface area contributed by atoms with E-state index in [0.29, 0.717) is 29.0 Å². The van der Waals surface area contributed by atoms with Crippen molar-refractivity contribution in [3.8, 4) is 5.75 Å². The normalized spacial score (nSPS) is 20.8. The number of ether oxygens (including phenoxy) is 1. The van der Waals surface area contributed by atoms with E-state index >= 15 is 4.39 Å². The van der Waals surface area contributed by atoms with E-state index in [1.807, 2.05) is 6.07 Å². The molecule has 272 valence electrons. The number of nitrogens with one attached hydrogen (secondary N) is 2. The van der Waals surface area contributed by atoms with Gasteiger partial charge in [-0.2, -0.15) is 13.2 Å². The first-order chi connectivity index (χ1) is 24.6. The van der Waals surface area contributed by atoms with Crippen LogP contribution >= 0.6 is 0 Å². The first-order valence-corrected chi connectivity index (χ1v) is 17.4. The lowest BCUT2D eigenvalue weighted by Crippen LogP contribution is -2.53. The van der Waals surface area contributed by atoms with Gasteiger partial charge >= 0.3 is 6.18 Å². The summed E-state index contributed by atoms with van der Waals surface area (Å²) in [5.74, 6) is -0.666. The predicted molar refractivity (Wildman–Crippen MR) is 186 cm³/mol. The molecule has 15 heteroatoms. The Kier molecular flexibility index (Phi) is 10.0. The second-order valence-electron chi connectivity index (χ2n) is 13.3. The summed E-state index contributed by atoms with van der Waals surface area (Å²) < 4.78 is 61.3. The zero-order chi connectivity index (χ0) is 35.7. The van der Waals surface area contributed by atoms with Gasteiger partial charge in [0.1, 0.15) is 23.7 Å². The monoisotopic (exact) mass is 710 g/mol. The maximum Gasteiger partial charge on any atom is 0.419 e. The third-order valence-electron chi connectivity index (χ3n) is 10.2. The van der Waals surface area contributed by atoms with E-state index in [0.717, 1.165) is 69.9 Å². The van der Waals surface area contributed by atoms with Gasteiger partial charge in [0.15, 0.2) is 5.82 Å². The summed E-state index contributed by atoms with van der Waals surface area (Å²) in [6, 6.07) is 8.90. The molecule has 7 rings (SSSR count). The molecule has 1 atom stereocenters. The Morgan fingerprint density at radius 1 is 0.961 bits per heavy atom. The number of methoxy groups -OCH3 is 1. The summed E-state index contributed by atoms with van der Waals surface area (Å²) in [6.45, 7) is 9.90. The fourth-order valence-corrected chi connectivity index (χ4v) is 7.44. The highest BCUT2D eigenvalue weighted by atomic mass is 19.4. The summed E-state index contributed by atoms with van der Waals surface area (Å²) in [4.78, 5) is 34.4. The van der Waals surface area contributed by atoms with Crippen molar-refractivity contribution in [1.82, 2.24) is 19.8 Å². The Balaban J connectivity index is 1.09. The number of carbonyl (C=O) groups excluding carboxylic acids is 1. The highest BCUT2D eigenvalue weighted by molar-refractivity contribution is 6.02. The maximum absolute atomic E-state index is 15.1. The molecule has 0 bridgehead atoms. The standard InChI is InChI=1S/C36H42F4N8O3/c1-3-34(49)44-27-19-28(31(50-2)20-30(27)47-12-9-24(10-13-47)46-16-14-45(15-17-46)23-7-8-23)43-32-21-33(42-22-41-32)48-29(11-18-51-48)25-5-4-6-26(35(25)37)36(38,39)40/h3-6,19-24,29H,1,7-18H2,2H3,(H,44,49)(H,41,42,43). The second kappa shape index (κ2) is 14.6. The average molecular weight is 711 g/mol. The van der Waals surface area contributed by atoms with Crippen molar-refractivity contribution in [3.63, 3.8) is 0 Å². The summed E-state index contributed by atoms with van der Waals surface area (Å²) >= 11 is 0. The van der Waals surface area contributed by atoms with Crippen LogP contribution in [-0.2, 0) is 15.8 Å². The van der Waals surface area contributed by atoms with Crippen molar-refractivity contribution in [2.45, 2.75) is 56.4 Å². The van der Waals surface area contributed by atoms with Gasteiger partial charge < -0.3 is 20.3 Å². The lowest BCUT2D eigenvalue weighted by atomic mass is 10.0. The number of hydrogen-bond acceptors (Lipinski definition) is 10. The quantitative estimate of drug-likeness (QED) is 0.189. The lowest BCUT2D eigenvalue weighted by molar-refractivity contribution is -0.140. The Morgan fingerprint density at radius 2 is 1.67 bits per heavy atom. The van der Waals surface area contributed by atoms with E-state index in [4.69, 9.17) is 9.57 Å². The molecule has 2 aromatic carbocycles. The van der Waals surface area contributed by atoms with E-state index in [1.54, 1.807) is 19.2 Å². The number of piperidine rings is 1. The number of hydrogen-bond donors (Lipinski definition) is 2. The largest absolute Gasteiger partial charge is 0.494 e. The van der Waals surface area contributed by atoms with Gasteiger partial charge in [-0.15, -0.1) is 0 Å². The molecule has 11 nitrogen and oxygen atoms in total. The summed E-state index contributed by atoms with van der Waals surface area (Å²) in [5, 5.41) is 7.47. The predicted octanol–water partition coefficient (Wildman–Crippen LogP) is 6.14. The van der Waals surface area contributed by atoms with E-state index in [-0.39, 0.29) is 30.3 Å². The van der Waals surface area contributed by atoms with Gasteiger partial charge in [-0.1, -0.05) is 18.7 Å². The third kappa shape index (κ3) is 7.60. The number of hydroxylamine groups is 1. The molecule has 1 saturated carbocycles. The first kappa shape index (κ1) is 35.0. The van der Waals surface area contributed by atoms with Crippen molar-refractivity contribution in [3.05, 3.63) is 72.3 Å². The number of alkyl halides is 3. The molecule has 3 aliphatic heterocycles. The fraction of sp³-hybridized carbons (Fsp3) is 0.472. The SMILES string of the molecule is C=CC(=O)Nc1cc(Nc2cc(N3OCCC3c3cccc(C(F)(F)F)c3F)ncn2)c(OC)cc1N1CCC(N2CCN(C3CC3)CC2)CC1. The Labute approximate surface area is 294 Å². The Bertz CT molecular complexity index is 1740. The van der Waals surface area contributed by atoms with E-state index in [9.17, 15) is 18.0 Å². The molecule has 1 aromatic heterocycles. The van der Waals surface area contributed by atoms with Gasteiger partial charge in [0, 0.05) is 75.5 Å². The van der Waals surface area contributed by atoms with Gasteiger partial charge in [0.25, 0.3) is 0 Å². The van der Waals surface area contributed by atoms with Gasteiger partial charge in [0.05, 0.1) is 42.4 Å². The lowest BCUT2D eigenvalue weighted by Gasteiger charge is -2.43. The molecule has 51 heavy (non-hydrogen) atoms. The number of carbonyl (C=O) groups is 1. The Hall–Kier alpha value is -4.47. The molecule has 1 unspecified atom stereocenters. The van der Waals surface area contributed by atoms with Crippen LogP contribution in [0.1, 0.15) is 49.3 Å². The van der Waals surface area contributed by atoms with Crippen LogP contribution in [0.5, 0.6) is 5.75 Å². The van der Waals surface area contributed by atoms with Gasteiger partial charge in [-0.3, -0.25) is 19.4 Å². The average Bonchev–Trinajstić information content (AvgIpc) is 3.87. The van der Waals surface area contributed by atoms with Crippen LogP contribution in [0.3, 0.4) is 0 Å². The van der Waals surface area contributed by atoms with Crippen LogP contribution in [0, 0.1) is 5.82 Å². The summed E-state index contributed by atoms with van der Waals surface area (Å²) in [6.07, 6.45) is 2.59. The van der Waals surface area contributed by atoms with Crippen molar-refractivity contribution >= 4 is 34.6 Å². The second-order valence-corrected chi connectivity index (χ2v) is 13.3. The molecule has 0 radical (unpaired) electrons. The first-order valence-electron chi connectivity index (χ1n) is 17.4. The van der Waals surface area contributed by atoms with E-state index in [1.165, 1.54) is 42.4 Å². The minimum absolute atomic E-state index is 0.143. The van der Waals surface area contributed by atoms with Gasteiger partial charge in [-0.25, -0.2) is 19.4 Å². The molecule has 0 spiro atoms. The number of nitrogens with zero attached hydrogens (tertiary/aromatic N) is 6. The van der Waals surface area contributed by atoms with Gasteiger partial charge in [0.2, 0.25) is 5.91 Å². The zero-order valence-electron chi connectivity index (χ0n) is 28.5. The number of amides is 1. The summed E-state index contributed by atoms with van der Waals surface area (Å²) in [7, 11) is 1.55. The third-order valence-corrected chi connectivity index (χ3v) is 10.2. The molecule has 3 aromatic rings. The van der Waals surface area contributed by atoms with E-state index in [2.05, 4.69) is 41.9 Å². The van der Waals surface area contributed by atoms with Crippen molar-refractivity contribution in [2.75, 3.05) is 73.6 Å². The number of piperazine rings is 1. The molecule has 1 aliphatic carbocycles. The van der Waals surface area contributed by atoms with Crippen molar-refractivity contribution in [2.24, 2.45) is 0 Å². The van der Waals surface area contributed by atoms with Gasteiger partial charge in [-0.05, 0) is 43.9 Å². The highest BCUT2D eigenvalue weighted by Gasteiger charge is 2.39. The topological polar surface area (TPSA) is 98.3 Å². The molecule has 3 saturated heterocycles. The molecule has 2 N–H and O–H groups in total. The zero-order valence-corrected chi connectivity index (χ0v) is 28.5. The molecule has 1 amide bonds. The minimum Gasteiger partial charge on any atom is -0.494 e. The molecular weight excluding hydrogens is 668 g/mol. The molecular formula is C36H42F4N8O3. The highest BCUT2D eigenvalue weighted by Crippen LogP contribution is 2.42. The van der Waals surface area contributed by atoms with Crippen LogP contribution in [0.2, 0.25) is 0 Å². The molecule has 4 aliphatic rings. The summed E-state index contributed by atoms with van der Waals surface area (Å²) in [5.41, 5.74) is 0.409. The smallest absolute Gasteiger partial charge is 0.419 e. The number of halogens is 4. The number of rotatable bonds is 10.